The van der Waals surface area contributed by atoms with Crippen molar-refractivity contribution in [3.63, 3.8) is 0 Å². The van der Waals surface area contributed by atoms with Gasteiger partial charge in [0.1, 0.15) is 11.8 Å². The van der Waals surface area contributed by atoms with Crippen molar-refractivity contribution in [3.05, 3.63) is 53.6 Å². The fraction of sp³-hybridized carbons (Fsp3) is 0.433. The number of piperidine rings is 3. The van der Waals surface area contributed by atoms with Crippen molar-refractivity contribution in [2.75, 3.05) is 38.5 Å². The van der Waals surface area contributed by atoms with E-state index in [1.807, 2.05) is 0 Å². The number of benzene rings is 2. The molecule has 232 valence electrons. The van der Waals surface area contributed by atoms with Gasteiger partial charge in [0, 0.05) is 38.3 Å². The zero-order chi connectivity index (χ0) is 31.2. The number of rotatable bonds is 6. The minimum absolute atomic E-state index is 0.00622. The molecule has 3 saturated heterocycles. The van der Waals surface area contributed by atoms with Gasteiger partial charge < -0.3 is 15.4 Å². The number of carbonyl (C=O) groups excluding carboxylic acids is 5. The molecule has 0 saturated carbocycles. The molecule has 4 aliphatic rings. The van der Waals surface area contributed by atoms with Gasteiger partial charge in [-0.15, -0.1) is 0 Å². The first-order valence-electron chi connectivity index (χ1n) is 14.6. The number of amides is 5. The lowest BCUT2D eigenvalue weighted by molar-refractivity contribution is -0.137. The first kappa shape index (κ1) is 29.8. The molecule has 14 heteroatoms. The zero-order valence-electron chi connectivity index (χ0n) is 24.0. The molecule has 4 heterocycles. The number of nitrogens with one attached hydrogen (secondary N) is 1. The molecule has 1 spiro atoms. The van der Waals surface area contributed by atoms with Crippen molar-refractivity contribution in [3.8, 4) is 5.75 Å². The summed E-state index contributed by atoms with van der Waals surface area (Å²) in [4.78, 5) is 66.1. The number of nitrogens with two attached hydrogens (primary N) is 1. The van der Waals surface area contributed by atoms with Crippen molar-refractivity contribution >= 4 is 45.2 Å². The van der Waals surface area contributed by atoms with Gasteiger partial charge in [-0.1, -0.05) is 6.07 Å². The maximum Gasteiger partial charge on any atom is 0.266 e. The quantitative estimate of drug-likeness (QED) is 0.353. The van der Waals surface area contributed by atoms with E-state index >= 15 is 0 Å². The third kappa shape index (κ3) is 5.32. The molecule has 2 aromatic rings. The summed E-state index contributed by atoms with van der Waals surface area (Å²) in [5.74, 6) is -2.70. The van der Waals surface area contributed by atoms with E-state index in [0.717, 1.165) is 17.7 Å². The van der Waals surface area contributed by atoms with Crippen LogP contribution < -0.4 is 15.8 Å². The summed E-state index contributed by atoms with van der Waals surface area (Å²) in [6.07, 6.45) is 2.94. The van der Waals surface area contributed by atoms with Crippen LogP contribution in [0.25, 0.3) is 0 Å². The van der Waals surface area contributed by atoms with E-state index in [1.165, 1.54) is 28.6 Å². The Morgan fingerprint density at radius 2 is 1.59 bits per heavy atom. The number of nitrogen functional groups attached to an aromatic ring is 1. The zero-order valence-corrected chi connectivity index (χ0v) is 24.8. The van der Waals surface area contributed by atoms with Crippen molar-refractivity contribution in [1.82, 2.24) is 19.4 Å². The van der Waals surface area contributed by atoms with Crippen LogP contribution in [0, 0.1) is 5.41 Å². The van der Waals surface area contributed by atoms with Gasteiger partial charge >= 0.3 is 0 Å². The molecule has 0 bridgehead atoms. The number of anilines is 1. The normalized spacial score (nSPS) is 22.2. The summed E-state index contributed by atoms with van der Waals surface area (Å²) in [5, 5.41) is 2.17. The Balaban J connectivity index is 1.04. The summed E-state index contributed by atoms with van der Waals surface area (Å²) in [6, 6.07) is 9.61. The standard InChI is InChI=1S/C30H33N5O8S/c31-19-4-6-20(7-5-19)44(41,42)34-16-12-30(13-17-34)10-14-33(15-11-30)25(37)18-43-23-3-1-2-21-26(23)29(40)35(28(21)39)22-8-9-24(36)32-27(22)38/h1-7,22H,8-18,31H2,(H,32,36,38). The summed E-state index contributed by atoms with van der Waals surface area (Å²) < 4.78 is 33.4. The van der Waals surface area contributed by atoms with E-state index in [4.69, 9.17) is 10.5 Å². The van der Waals surface area contributed by atoms with E-state index in [1.54, 1.807) is 23.1 Å². The van der Waals surface area contributed by atoms with Crippen molar-refractivity contribution in [2.24, 2.45) is 5.41 Å². The maximum atomic E-state index is 13.3. The predicted octanol–water partition coefficient (Wildman–Crippen LogP) is 1.14. The molecule has 4 aliphatic heterocycles. The summed E-state index contributed by atoms with van der Waals surface area (Å²) in [7, 11) is -3.60. The molecule has 0 aliphatic carbocycles. The SMILES string of the molecule is Nc1ccc(S(=O)(=O)N2CCC3(CCN(C(=O)COc4cccc5c4C(=O)N(C4CCC(=O)NC4=O)C5=O)CC3)CC2)cc1. The lowest BCUT2D eigenvalue weighted by atomic mass is 9.71. The van der Waals surface area contributed by atoms with E-state index in [9.17, 15) is 32.4 Å². The highest BCUT2D eigenvalue weighted by atomic mass is 32.2. The molecular formula is C30H33N5O8S. The van der Waals surface area contributed by atoms with Gasteiger partial charge in [0.15, 0.2) is 6.61 Å². The third-order valence-electron chi connectivity index (χ3n) is 9.26. The number of ether oxygens (including phenoxy) is 1. The van der Waals surface area contributed by atoms with Crippen molar-refractivity contribution in [2.45, 2.75) is 49.5 Å². The molecule has 5 amide bonds. The largest absolute Gasteiger partial charge is 0.483 e. The second-order valence-electron chi connectivity index (χ2n) is 11.8. The first-order chi connectivity index (χ1) is 21.0. The monoisotopic (exact) mass is 623 g/mol. The summed E-state index contributed by atoms with van der Waals surface area (Å²) in [5.41, 5.74) is 6.23. The molecule has 1 atom stereocenters. The highest BCUT2D eigenvalue weighted by Gasteiger charge is 2.46. The number of fused-ring (bicyclic) bond motifs is 1. The number of hydrogen-bond donors (Lipinski definition) is 2. The van der Waals surface area contributed by atoms with Gasteiger partial charge in [0.2, 0.25) is 21.8 Å². The van der Waals surface area contributed by atoms with E-state index in [-0.39, 0.29) is 52.5 Å². The molecule has 2 aromatic carbocycles. The van der Waals surface area contributed by atoms with E-state index in [0.29, 0.717) is 44.7 Å². The van der Waals surface area contributed by atoms with Crippen LogP contribution in [0.4, 0.5) is 5.69 Å². The van der Waals surface area contributed by atoms with Gasteiger partial charge in [-0.2, -0.15) is 4.31 Å². The lowest BCUT2D eigenvalue weighted by Gasteiger charge is -2.46. The molecule has 3 fully saturated rings. The Bertz CT molecular complexity index is 1640. The Hall–Kier alpha value is -4.30. The van der Waals surface area contributed by atoms with Gasteiger partial charge in [-0.05, 0) is 73.9 Å². The number of nitrogens with zero attached hydrogens (tertiary/aromatic N) is 3. The third-order valence-corrected chi connectivity index (χ3v) is 11.2. The number of sulfonamides is 1. The Morgan fingerprint density at radius 3 is 2.25 bits per heavy atom. The smallest absolute Gasteiger partial charge is 0.266 e. The highest BCUT2D eigenvalue weighted by molar-refractivity contribution is 7.89. The molecule has 3 N–H and O–H groups in total. The molecule has 44 heavy (non-hydrogen) atoms. The first-order valence-corrected chi connectivity index (χ1v) is 16.0. The molecule has 1 unspecified atom stereocenters. The van der Waals surface area contributed by atoms with Crippen molar-refractivity contribution in [1.29, 1.82) is 0 Å². The van der Waals surface area contributed by atoms with Crippen molar-refractivity contribution < 1.29 is 37.1 Å². The predicted molar refractivity (Wildman–Crippen MR) is 156 cm³/mol. The van der Waals surface area contributed by atoms with Gasteiger partial charge in [0.05, 0.1) is 16.0 Å². The molecule has 0 radical (unpaired) electrons. The second kappa shape index (κ2) is 11.3. The number of hydrogen-bond acceptors (Lipinski definition) is 9. The van der Waals surface area contributed by atoms with E-state index < -0.39 is 39.7 Å². The molecular weight excluding hydrogens is 590 g/mol. The fourth-order valence-corrected chi connectivity index (χ4v) is 8.00. The highest BCUT2D eigenvalue weighted by Crippen LogP contribution is 2.42. The van der Waals surface area contributed by atoms with Gasteiger partial charge in [-0.25, -0.2) is 8.42 Å². The molecule has 13 nitrogen and oxygen atoms in total. The molecule has 6 rings (SSSR count). The lowest BCUT2D eigenvalue weighted by Crippen LogP contribution is -2.54. The summed E-state index contributed by atoms with van der Waals surface area (Å²) >= 11 is 0. The van der Waals surface area contributed by atoms with Crippen LogP contribution in [0.3, 0.4) is 0 Å². The van der Waals surface area contributed by atoms with Gasteiger partial charge in [-0.3, -0.25) is 34.2 Å². The van der Waals surface area contributed by atoms with E-state index in [2.05, 4.69) is 5.32 Å². The van der Waals surface area contributed by atoms with Gasteiger partial charge in [0.25, 0.3) is 17.7 Å². The minimum Gasteiger partial charge on any atom is -0.483 e. The number of likely N-dealkylation sites (tertiary alicyclic amines) is 1. The van der Waals surface area contributed by atoms with Crippen LogP contribution in [0.15, 0.2) is 47.4 Å². The number of imide groups is 2. The van der Waals surface area contributed by atoms with Crippen LogP contribution in [-0.4, -0.2) is 90.9 Å². The van der Waals surface area contributed by atoms with Crippen LogP contribution in [0.5, 0.6) is 5.75 Å². The van der Waals surface area contributed by atoms with Crippen LogP contribution >= 0.6 is 0 Å². The minimum atomic E-state index is -3.60. The second-order valence-corrected chi connectivity index (χ2v) is 13.7. The Morgan fingerprint density at radius 1 is 0.932 bits per heavy atom. The van der Waals surface area contributed by atoms with Crippen LogP contribution in [0.2, 0.25) is 0 Å². The average Bonchev–Trinajstić information content (AvgIpc) is 3.26. The molecule has 0 aromatic heterocycles. The Kier molecular flexibility index (Phi) is 7.66. The van der Waals surface area contributed by atoms with Crippen LogP contribution in [-0.2, 0) is 24.4 Å². The Labute approximate surface area is 254 Å². The number of carbonyl (C=O) groups is 5. The maximum absolute atomic E-state index is 13.3. The average molecular weight is 624 g/mol. The topological polar surface area (TPSA) is 176 Å². The summed E-state index contributed by atoms with van der Waals surface area (Å²) in [6.45, 7) is 1.48. The fourth-order valence-electron chi connectivity index (χ4n) is 6.56. The van der Waals surface area contributed by atoms with Crippen LogP contribution in [0.1, 0.15) is 59.2 Å².